The third kappa shape index (κ3) is 4.33. The molecule has 1 aromatic heterocycles. The Bertz CT molecular complexity index is 876. The minimum absolute atomic E-state index is 0.0210. The number of carbonyl (C=O) groups is 1. The van der Waals surface area contributed by atoms with E-state index in [9.17, 15) is 19.1 Å². The predicted molar refractivity (Wildman–Crippen MR) is 99.9 cm³/mol. The molecule has 3 rings (SSSR count). The first kappa shape index (κ1) is 18.6. The third-order valence-electron chi connectivity index (χ3n) is 4.64. The van der Waals surface area contributed by atoms with Crippen molar-refractivity contribution < 1.29 is 14.3 Å². The molecule has 0 aliphatic heterocycles. The second kappa shape index (κ2) is 8.03. The van der Waals surface area contributed by atoms with Gasteiger partial charge in [-0.1, -0.05) is 41.3 Å². The largest absolute Gasteiger partial charge is 0.507 e. The van der Waals surface area contributed by atoms with Gasteiger partial charge in [0.1, 0.15) is 11.6 Å². The van der Waals surface area contributed by atoms with Gasteiger partial charge >= 0.3 is 0 Å². The minimum atomic E-state index is -0.501. The highest BCUT2D eigenvalue weighted by molar-refractivity contribution is 9.10. The van der Waals surface area contributed by atoms with E-state index in [2.05, 4.69) is 21.2 Å². The Kier molecular flexibility index (Phi) is 5.76. The SMILES string of the molecule is O=C(NC1CCCCC1)c1cn(Cc2ccc(Br)cc2F)c(=O)cc1O. The van der Waals surface area contributed by atoms with Crippen molar-refractivity contribution in [3.63, 3.8) is 0 Å². The fraction of sp³-hybridized carbons (Fsp3) is 0.368. The first-order valence-electron chi connectivity index (χ1n) is 8.62. The van der Waals surface area contributed by atoms with Crippen LogP contribution in [0.4, 0.5) is 4.39 Å². The summed E-state index contributed by atoms with van der Waals surface area (Å²) in [7, 11) is 0. The summed E-state index contributed by atoms with van der Waals surface area (Å²) in [6.07, 6.45) is 6.42. The minimum Gasteiger partial charge on any atom is -0.507 e. The monoisotopic (exact) mass is 422 g/mol. The number of amides is 1. The van der Waals surface area contributed by atoms with Crippen molar-refractivity contribution in [2.75, 3.05) is 0 Å². The van der Waals surface area contributed by atoms with Gasteiger partial charge in [0, 0.05) is 28.3 Å². The van der Waals surface area contributed by atoms with Crippen molar-refractivity contribution in [1.82, 2.24) is 9.88 Å². The van der Waals surface area contributed by atoms with Crippen LogP contribution in [0.3, 0.4) is 0 Å². The zero-order valence-electron chi connectivity index (χ0n) is 14.2. The van der Waals surface area contributed by atoms with Gasteiger partial charge in [-0.15, -0.1) is 0 Å². The Morgan fingerprint density at radius 1 is 1.27 bits per heavy atom. The Balaban J connectivity index is 1.84. The zero-order valence-corrected chi connectivity index (χ0v) is 15.8. The van der Waals surface area contributed by atoms with E-state index >= 15 is 0 Å². The molecule has 0 bridgehead atoms. The lowest BCUT2D eigenvalue weighted by Gasteiger charge is -2.23. The number of halogens is 2. The molecule has 0 spiro atoms. The lowest BCUT2D eigenvalue weighted by Crippen LogP contribution is -2.37. The number of rotatable bonds is 4. The molecule has 138 valence electrons. The van der Waals surface area contributed by atoms with Crippen LogP contribution in [0.5, 0.6) is 5.75 Å². The van der Waals surface area contributed by atoms with E-state index in [1.165, 1.54) is 23.3 Å². The van der Waals surface area contributed by atoms with Gasteiger partial charge in [-0.25, -0.2) is 4.39 Å². The number of nitrogens with zero attached hydrogens (tertiary/aromatic N) is 1. The topological polar surface area (TPSA) is 71.3 Å². The number of carbonyl (C=O) groups excluding carboxylic acids is 1. The van der Waals surface area contributed by atoms with Crippen molar-refractivity contribution in [2.24, 2.45) is 0 Å². The highest BCUT2D eigenvalue weighted by atomic mass is 79.9. The van der Waals surface area contributed by atoms with Gasteiger partial charge in [0.15, 0.2) is 0 Å². The van der Waals surface area contributed by atoms with Crippen LogP contribution in [0.2, 0.25) is 0 Å². The maximum absolute atomic E-state index is 14.0. The van der Waals surface area contributed by atoms with Crippen molar-refractivity contribution in [2.45, 2.75) is 44.7 Å². The summed E-state index contributed by atoms with van der Waals surface area (Å²) in [6, 6.07) is 5.64. The zero-order chi connectivity index (χ0) is 18.7. The van der Waals surface area contributed by atoms with E-state index in [4.69, 9.17) is 0 Å². The molecule has 0 unspecified atom stereocenters. The normalized spacial score (nSPS) is 15.0. The van der Waals surface area contributed by atoms with Crippen LogP contribution in [0.15, 0.2) is 39.7 Å². The van der Waals surface area contributed by atoms with Gasteiger partial charge in [0.05, 0.1) is 12.1 Å². The van der Waals surface area contributed by atoms with Gasteiger partial charge in [0.2, 0.25) is 0 Å². The second-order valence-corrected chi connectivity index (χ2v) is 7.50. The molecule has 1 aliphatic rings. The number of aromatic hydroxyl groups is 1. The quantitative estimate of drug-likeness (QED) is 0.790. The Hall–Kier alpha value is -2.15. The van der Waals surface area contributed by atoms with Crippen molar-refractivity contribution in [1.29, 1.82) is 0 Å². The Morgan fingerprint density at radius 2 is 2.00 bits per heavy atom. The molecule has 0 radical (unpaired) electrons. The fourth-order valence-electron chi connectivity index (χ4n) is 3.21. The maximum Gasteiger partial charge on any atom is 0.256 e. The van der Waals surface area contributed by atoms with Gasteiger partial charge in [-0.05, 0) is 25.0 Å². The lowest BCUT2D eigenvalue weighted by atomic mass is 9.95. The average Bonchev–Trinajstić information content (AvgIpc) is 2.60. The molecule has 1 fully saturated rings. The number of benzene rings is 1. The molecule has 1 aromatic carbocycles. The summed E-state index contributed by atoms with van der Waals surface area (Å²) in [5.41, 5.74) is -0.161. The van der Waals surface area contributed by atoms with Crippen LogP contribution in [0.25, 0.3) is 0 Å². The Labute approximate surface area is 159 Å². The highest BCUT2D eigenvalue weighted by Gasteiger charge is 2.20. The van der Waals surface area contributed by atoms with E-state index in [0.717, 1.165) is 31.7 Å². The standard InChI is InChI=1S/C19H20BrFN2O3/c20-13-7-6-12(16(21)8-13)10-23-11-15(17(24)9-18(23)25)19(26)22-14-4-2-1-3-5-14/h6-9,11,14,24H,1-5,10H2,(H,22,26). The van der Waals surface area contributed by atoms with Crippen LogP contribution in [-0.4, -0.2) is 21.6 Å². The van der Waals surface area contributed by atoms with Crippen molar-refractivity contribution in [3.05, 3.63) is 62.2 Å². The van der Waals surface area contributed by atoms with Crippen molar-refractivity contribution in [3.8, 4) is 5.75 Å². The molecule has 1 aliphatic carbocycles. The first-order chi connectivity index (χ1) is 12.4. The number of aromatic nitrogens is 1. The number of pyridine rings is 1. The summed E-state index contributed by atoms with van der Waals surface area (Å²) >= 11 is 3.19. The Morgan fingerprint density at radius 3 is 2.69 bits per heavy atom. The van der Waals surface area contributed by atoms with E-state index in [-0.39, 0.29) is 23.9 Å². The molecular formula is C19H20BrFN2O3. The third-order valence-corrected chi connectivity index (χ3v) is 5.14. The van der Waals surface area contributed by atoms with Gasteiger partial charge < -0.3 is 15.0 Å². The van der Waals surface area contributed by atoms with Gasteiger partial charge in [-0.3, -0.25) is 9.59 Å². The number of nitrogens with one attached hydrogen (secondary N) is 1. The van der Waals surface area contributed by atoms with Crippen LogP contribution >= 0.6 is 15.9 Å². The summed E-state index contributed by atoms with van der Waals surface area (Å²) in [6.45, 7) is -0.0259. The smallest absolute Gasteiger partial charge is 0.256 e. The highest BCUT2D eigenvalue weighted by Crippen LogP contribution is 2.20. The first-order valence-corrected chi connectivity index (χ1v) is 9.41. The second-order valence-electron chi connectivity index (χ2n) is 6.58. The predicted octanol–water partition coefficient (Wildman–Crippen LogP) is 3.57. The summed E-state index contributed by atoms with van der Waals surface area (Å²) in [4.78, 5) is 24.6. The molecule has 1 amide bonds. The van der Waals surface area contributed by atoms with Gasteiger partial charge in [-0.2, -0.15) is 0 Å². The van der Waals surface area contributed by atoms with Crippen LogP contribution in [0.1, 0.15) is 48.0 Å². The molecule has 2 aromatic rings. The van der Waals surface area contributed by atoms with E-state index in [1.807, 2.05) is 0 Å². The molecule has 7 heteroatoms. The molecule has 26 heavy (non-hydrogen) atoms. The summed E-state index contributed by atoms with van der Waals surface area (Å²) in [5.74, 6) is -1.23. The van der Waals surface area contributed by atoms with Crippen molar-refractivity contribution >= 4 is 21.8 Å². The molecule has 0 atom stereocenters. The maximum atomic E-state index is 14.0. The molecule has 5 nitrogen and oxygen atoms in total. The van der Waals surface area contributed by atoms with E-state index in [0.29, 0.717) is 10.0 Å². The molecule has 1 heterocycles. The average molecular weight is 423 g/mol. The van der Waals surface area contributed by atoms with Crippen LogP contribution < -0.4 is 10.9 Å². The number of hydrogen-bond acceptors (Lipinski definition) is 3. The molecule has 0 saturated heterocycles. The van der Waals surface area contributed by atoms with E-state index < -0.39 is 17.3 Å². The van der Waals surface area contributed by atoms with Crippen LogP contribution in [0, 0.1) is 5.82 Å². The summed E-state index contributed by atoms with van der Waals surface area (Å²) in [5, 5.41) is 12.9. The molecule has 2 N–H and O–H groups in total. The molecular weight excluding hydrogens is 403 g/mol. The summed E-state index contributed by atoms with van der Waals surface area (Å²) < 4.78 is 15.9. The van der Waals surface area contributed by atoms with Crippen LogP contribution in [-0.2, 0) is 6.54 Å². The fourth-order valence-corrected chi connectivity index (χ4v) is 3.54. The number of hydrogen-bond donors (Lipinski definition) is 2. The molecule has 1 saturated carbocycles. The van der Waals surface area contributed by atoms with E-state index in [1.54, 1.807) is 12.1 Å². The lowest BCUT2D eigenvalue weighted by molar-refractivity contribution is 0.0924. The van der Waals surface area contributed by atoms with Gasteiger partial charge in [0.25, 0.3) is 11.5 Å².